The molecule has 1 N–H and O–H groups in total. The Kier molecular flexibility index (Phi) is 4.24. The Morgan fingerprint density at radius 1 is 1.00 bits per heavy atom. The maximum absolute atomic E-state index is 12.5. The molecular weight excluding hydrogens is 350 g/mol. The molecule has 1 amide bonds. The fraction of sp³-hybridized carbons (Fsp3) is 0.208. The summed E-state index contributed by atoms with van der Waals surface area (Å²) in [5.74, 6) is 0.567. The standard InChI is InChI=1S/C24H21NO3/c26-24(25-21-10-5-7-16-6-1-2-8-18(16)21)15-27-17-12-13-23-20(14-17)19-9-3-4-11-22(19)28-23/h1-4,6,8-9,11-14,21H,5,7,10,15H2,(H,25,26)/t21-/m1/s1. The lowest BCUT2D eigenvalue weighted by Crippen LogP contribution is -2.34. The van der Waals surface area contributed by atoms with Crippen LogP contribution in [-0.2, 0) is 11.2 Å². The van der Waals surface area contributed by atoms with E-state index in [1.807, 2.05) is 48.5 Å². The van der Waals surface area contributed by atoms with Crippen molar-refractivity contribution >= 4 is 27.8 Å². The van der Waals surface area contributed by atoms with E-state index in [-0.39, 0.29) is 18.6 Å². The summed E-state index contributed by atoms with van der Waals surface area (Å²) in [5.41, 5.74) is 4.23. The first-order valence-electron chi connectivity index (χ1n) is 9.69. The number of para-hydroxylation sites is 1. The Labute approximate surface area is 163 Å². The molecule has 0 unspecified atom stereocenters. The largest absolute Gasteiger partial charge is 0.484 e. The Morgan fingerprint density at radius 3 is 2.79 bits per heavy atom. The lowest BCUT2D eigenvalue weighted by molar-refractivity contribution is -0.123. The van der Waals surface area contributed by atoms with Crippen LogP contribution in [0, 0.1) is 0 Å². The topological polar surface area (TPSA) is 51.5 Å². The predicted molar refractivity (Wildman–Crippen MR) is 109 cm³/mol. The van der Waals surface area contributed by atoms with Gasteiger partial charge in [0.2, 0.25) is 0 Å². The van der Waals surface area contributed by atoms with Gasteiger partial charge in [-0.05, 0) is 54.7 Å². The number of furan rings is 1. The molecule has 5 rings (SSSR count). The van der Waals surface area contributed by atoms with Crippen molar-refractivity contribution in [2.24, 2.45) is 0 Å². The third-order valence-corrected chi connectivity index (χ3v) is 5.42. The fourth-order valence-corrected chi connectivity index (χ4v) is 4.08. The number of amides is 1. The van der Waals surface area contributed by atoms with E-state index in [1.165, 1.54) is 11.1 Å². The molecule has 140 valence electrons. The molecule has 1 heterocycles. The van der Waals surface area contributed by atoms with E-state index in [4.69, 9.17) is 9.15 Å². The molecular formula is C24H21NO3. The maximum atomic E-state index is 12.5. The van der Waals surface area contributed by atoms with Crippen molar-refractivity contribution in [3.05, 3.63) is 77.9 Å². The first kappa shape index (κ1) is 16.9. The average Bonchev–Trinajstić information content (AvgIpc) is 3.10. The van der Waals surface area contributed by atoms with E-state index in [0.717, 1.165) is 41.2 Å². The van der Waals surface area contributed by atoms with Gasteiger partial charge in [0, 0.05) is 10.8 Å². The zero-order valence-electron chi connectivity index (χ0n) is 15.5. The molecule has 1 aliphatic carbocycles. The number of hydrogen-bond acceptors (Lipinski definition) is 3. The summed E-state index contributed by atoms with van der Waals surface area (Å²) in [7, 11) is 0. The lowest BCUT2D eigenvalue weighted by Gasteiger charge is -2.26. The highest BCUT2D eigenvalue weighted by atomic mass is 16.5. The first-order chi connectivity index (χ1) is 13.8. The van der Waals surface area contributed by atoms with Gasteiger partial charge < -0.3 is 14.5 Å². The number of carbonyl (C=O) groups is 1. The molecule has 0 aliphatic heterocycles. The highest BCUT2D eigenvalue weighted by Gasteiger charge is 2.21. The number of carbonyl (C=O) groups excluding carboxylic acids is 1. The van der Waals surface area contributed by atoms with Gasteiger partial charge in [-0.2, -0.15) is 0 Å². The van der Waals surface area contributed by atoms with Crippen LogP contribution < -0.4 is 10.1 Å². The molecule has 28 heavy (non-hydrogen) atoms. The molecule has 0 saturated carbocycles. The fourth-order valence-electron chi connectivity index (χ4n) is 4.08. The van der Waals surface area contributed by atoms with Gasteiger partial charge in [-0.1, -0.05) is 42.5 Å². The van der Waals surface area contributed by atoms with Gasteiger partial charge in [0.1, 0.15) is 16.9 Å². The summed E-state index contributed by atoms with van der Waals surface area (Å²) in [5, 5.41) is 5.17. The molecule has 4 aromatic rings. The number of ether oxygens (including phenoxy) is 1. The zero-order chi connectivity index (χ0) is 18.9. The maximum Gasteiger partial charge on any atom is 0.258 e. The molecule has 4 nitrogen and oxygen atoms in total. The number of aryl methyl sites for hydroxylation is 1. The van der Waals surface area contributed by atoms with Gasteiger partial charge in [0.25, 0.3) is 5.91 Å². The first-order valence-corrected chi connectivity index (χ1v) is 9.69. The summed E-state index contributed by atoms with van der Waals surface area (Å²) in [6, 6.07) is 22.0. The van der Waals surface area contributed by atoms with Crippen molar-refractivity contribution in [2.75, 3.05) is 6.61 Å². The minimum absolute atomic E-state index is 0.0000421. The van der Waals surface area contributed by atoms with Gasteiger partial charge in [-0.25, -0.2) is 0 Å². The Balaban J connectivity index is 1.29. The van der Waals surface area contributed by atoms with Crippen molar-refractivity contribution < 1.29 is 13.9 Å². The van der Waals surface area contributed by atoms with Crippen LogP contribution in [0.3, 0.4) is 0 Å². The van der Waals surface area contributed by atoms with E-state index < -0.39 is 0 Å². The number of nitrogens with one attached hydrogen (secondary N) is 1. The molecule has 0 spiro atoms. The smallest absolute Gasteiger partial charge is 0.258 e. The van der Waals surface area contributed by atoms with E-state index >= 15 is 0 Å². The second kappa shape index (κ2) is 7.04. The third kappa shape index (κ3) is 3.11. The van der Waals surface area contributed by atoms with Crippen LogP contribution in [0.2, 0.25) is 0 Å². The van der Waals surface area contributed by atoms with Crippen LogP contribution in [0.1, 0.15) is 30.0 Å². The van der Waals surface area contributed by atoms with Gasteiger partial charge in [0.15, 0.2) is 6.61 Å². The van der Waals surface area contributed by atoms with Crippen molar-refractivity contribution in [1.29, 1.82) is 0 Å². The van der Waals surface area contributed by atoms with Crippen molar-refractivity contribution in [1.82, 2.24) is 5.32 Å². The monoisotopic (exact) mass is 371 g/mol. The van der Waals surface area contributed by atoms with Crippen molar-refractivity contribution in [2.45, 2.75) is 25.3 Å². The van der Waals surface area contributed by atoms with E-state index in [9.17, 15) is 4.79 Å². The highest BCUT2D eigenvalue weighted by molar-refractivity contribution is 6.05. The van der Waals surface area contributed by atoms with E-state index in [2.05, 4.69) is 23.5 Å². The third-order valence-electron chi connectivity index (χ3n) is 5.42. The van der Waals surface area contributed by atoms with E-state index in [0.29, 0.717) is 5.75 Å². The molecule has 0 radical (unpaired) electrons. The zero-order valence-corrected chi connectivity index (χ0v) is 15.5. The van der Waals surface area contributed by atoms with Crippen LogP contribution in [0.25, 0.3) is 21.9 Å². The summed E-state index contributed by atoms with van der Waals surface area (Å²) >= 11 is 0. The Hall–Kier alpha value is -3.27. The van der Waals surface area contributed by atoms with Crippen LogP contribution in [0.5, 0.6) is 5.75 Å². The SMILES string of the molecule is O=C(COc1ccc2oc3ccccc3c2c1)N[C@@H]1CCCc2ccccc21. The summed E-state index contributed by atoms with van der Waals surface area (Å²) < 4.78 is 11.6. The van der Waals surface area contributed by atoms with E-state index in [1.54, 1.807) is 0 Å². The van der Waals surface area contributed by atoms with Gasteiger partial charge in [0.05, 0.1) is 6.04 Å². The quantitative estimate of drug-likeness (QED) is 0.539. The number of hydrogen-bond donors (Lipinski definition) is 1. The van der Waals surface area contributed by atoms with Crippen LogP contribution in [0.15, 0.2) is 71.1 Å². The highest BCUT2D eigenvalue weighted by Crippen LogP contribution is 2.31. The second-order valence-corrected chi connectivity index (χ2v) is 7.26. The van der Waals surface area contributed by atoms with Gasteiger partial charge in [-0.15, -0.1) is 0 Å². The summed E-state index contributed by atoms with van der Waals surface area (Å²) in [6.07, 6.45) is 3.14. The van der Waals surface area contributed by atoms with Crippen LogP contribution in [-0.4, -0.2) is 12.5 Å². The minimum atomic E-state index is -0.0983. The molecule has 0 saturated heterocycles. The summed E-state index contributed by atoms with van der Waals surface area (Å²) in [6.45, 7) is -0.0000421. The number of benzene rings is 3. The second-order valence-electron chi connectivity index (χ2n) is 7.26. The number of fused-ring (bicyclic) bond motifs is 4. The Morgan fingerprint density at radius 2 is 1.82 bits per heavy atom. The summed E-state index contributed by atoms with van der Waals surface area (Å²) in [4.78, 5) is 12.5. The molecule has 4 heteroatoms. The van der Waals surface area contributed by atoms with Gasteiger partial charge >= 0.3 is 0 Å². The minimum Gasteiger partial charge on any atom is -0.484 e. The normalized spacial score (nSPS) is 16.1. The number of rotatable bonds is 4. The average molecular weight is 371 g/mol. The molecule has 0 bridgehead atoms. The van der Waals surface area contributed by atoms with Crippen LogP contribution >= 0.6 is 0 Å². The van der Waals surface area contributed by atoms with Crippen molar-refractivity contribution in [3.63, 3.8) is 0 Å². The van der Waals surface area contributed by atoms with Crippen LogP contribution in [0.4, 0.5) is 0 Å². The molecule has 1 aromatic heterocycles. The molecule has 0 fully saturated rings. The predicted octanol–water partition coefficient (Wildman–Crippen LogP) is 5.16. The molecule has 1 atom stereocenters. The van der Waals surface area contributed by atoms with Crippen molar-refractivity contribution in [3.8, 4) is 5.75 Å². The Bertz CT molecular complexity index is 1160. The lowest BCUT2D eigenvalue weighted by atomic mass is 9.88. The van der Waals surface area contributed by atoms with Gasteiger partial charge in [-0.3, -0.25) is 4.79 Å². The molecule has 3 aromatic carbocycles. The molecule has 1 aliphatic rings.